The molecular formula is C19H15ClN4OS. The number of nitrogens with one attached hydrogen (secondary N) is 1. The highest BCUT2D eigenvalue weighted by Gasteiger charge is 2.22. The summed E-state index contributed by atoms with van der Waals surface area (Å²) in [6, 6.07) is 15.2. The van der Waals surface area contributed by atoms with Gasteiger partial charge in [0, 0.05) is 27.7 Å². The number of hydrogen-bond acceptors (Lipinski definition) is 4. The fraction of sp³-hybridized carbons (Fsp3) is 0.105. The van der Waals surface area contributed by atoms with Crippen LogP contribution in [-0.2, 0) is 0 Å². The van der Waals surface area contributed by atoms with Crippen molar-refractivity contribution in [3.8, 4) is 5.69 Å². The van der Waals surface area contributed by atoms with E-state index in [0.717, 1.165) is 16.6 Å². The zero-order valence-corrected chi connectivity index (χ0v) is 15.5. The van der Waals surface area contributed by atoms with Gasteiger partial charge in [-0.1, -0.05) is 47.6 Å². The standard InChI is InChI=1S/C19H15ClN4OS/c1-12(18(25)16-10-21-17-8-3-2-7-15(16)17)26-19-23-22-11-24(19)14-6-4-5-13(20)9-14/h2-12,21H,1H3. The topological polar surface area (TPSA) is 63.6 Å². The van der Waals surface area contributed by atoms with Gasteiger partial charge in [-0.2, -0.15) is 0 Å². The second kappa shape index (κ2) is 6.97. The summed E-state index contributed by atoms with van der Waals surface area (Å²) in [4.78, 5) is 16.1. The van der Waals surface area contributed by atoms with Crippen LogP contribution in [0.5, 0.6) is 0 Å². The van der Waals surface area contributed by atoms with Crippen LogP contribution in [-0.4, -0.2) is 30.8 Å². The number of fused-ring (bicyclic) bond motifs is 1. The fourth-order valence-corrected chi connectivity index (χ4v) is 3.91. The Morgan fingerprint density at radius 1 is 1.23 bits per heavy atom. The van der Waals surface area contributed by atoms with Crippen molar-refractivity contribution in [1.82, 2.24) is 19.7 Å². The van der Waals surface area contributed by atoms with Crippen molar-refractivity contribution in [1.29, 1.82) is 0 Å². The van der Waals surface area contributed by atoms with Gasteiger partial charge in [0.05, 0.1) is 10.9 Å². The minimum Gasteiger partial charge on any atom is -0.360 e. The first-order valence-electron chi connectivity index (χ1n) is 8.06. The summed E-state index contributed by atoms with van der Waals surface area (Å²) >= 11 is 7.45. The summed E-state index contributed by atoms with van der Waals surface area (Å²) in [5, 5.41) is 10.0. The summed E-state index contributed by atoms with van der Waals surface area (Å²) in [5.74, 6) is 0.0492. The van der Waals surface area contributed by atoms with E-state index in [1.165, 1.54) is 11.8 Å². The molecule has 0 saturated heterocycles. The van der Waals surface area contributed by atoms with E-state index in [9.17, 15) is 4.79 Å². The molecule has 4 rings (SSSR count). The predicted molar refractivity (Wildman–Crippen MR) is 104 cm³/mol. The quantitative estimate of drug-likeness (QED) is 0.399. The lowest BCUT2D eigenvalue weighted by molar-refractivity contribution is 0.0995. The summed E-state index contributed by atoms with van der Waals surface area (Å²) < 4.78 is 1.83. The molecule has 0 saturated carbocycles. The number of aromatic amines is 1. The Morgan fingerprint density at radius 3 is 2.92 bits per heavy atom. The first kappa shape index (κ1) is 16.9. The Morgan fingerprint density at radius 2 is 2.08 bits per heavy atom. The van der Waals surface area contributed by atoms with Gasteiger partial charge < -0.3 is 4.98 Å². The number of H-pyrrole nitrogens is 1. The molecule has 2 heterocycles. The number of rotatable bonds is 5. The average Bonchev–Trinajstić information content (AvgIpc) is 3.28. The van der Waals surface area contributed by atoms with Gasteiger partial charge >= 0.3 is 0 Å². The highest BCUT2D eigenvalue weighted by Crippen LogP contribution is 2.28. The molecule has 0 aliphatic rings. The van der Waals surface area contributed by atoms with Crippen molar-refractivity contribution in [2.45, 2.75) is 17.3 Å². The van der Waals surface area contributed by atoms with Gasteiger partial charge in [-0.3, -0.25) is 9.36 Å². The van der Waals surface area contributed by atoms with Gasteiger partial charge in [-0.25, -0.2) is 0 Å². The number of Topliss-reactive ketones (excluding diaryl/α,β-unsaturated/α-hetero) is 1. The number of para-hydroxylation sites is 1. The Kier molecular flexibility index (Phi) is 4.53. The van der Waals surface area contributed by atoms with Crippen molar-refractivity contribution in [3.05, 3.63) is 71.6 Å². The van der Waals surface area contributed by atoms with Crippen LogP contribution in [0.1, 0.15) is 17.3 Å². The molecule has 2 aromatic carbocycles. The molecule has 1 atom stereocenters. The molecule has 2 aromatic heterocycles. The molecule has 0 radical (unpaired) electrons. The van der Waals surface area contributed by atoms with E-state index >= 15 is 0 Å². The Hall–Kier alpha value is -2.57. The molecule has 7 heteroatoms. The van der Waals surface area contributed by atoms with Gasteiger partial charge in [0.15, 0.2) is 10.9 Å². The molecule has 26 heavy (non-hydrogen) atoms. The number of aromatic nitrogens is 4. The average molecular weight is 383 g/mol. The van der Waals surface area contributed by atoms with E-state index in [-0.39, 0.29) is 11.0 Å². The van der Waals surface area contributed by atoms with Gasteiger partial charge in [0.2, 0.25) is 0 Å². The summed E-state index contributed by atoms with van der Waals surface area (Å²) in [6.45, 7) is 1.88. The summed E-state index contributed by atoms with van der Waals surface area (Å²) in [7, 11) is 0. The molecule has 0 spiro atoms. The molecule has 4 aromatic rings. The van der Waals surface area contributed by atoms with Crippen LogP contribution in [0.4, 0.5) is 0 Å². The molecule has 1 unspecified atom stereocenters. The molecule has 1 N–H and O–H groups in total. The van der Waals surface area contributed by atoms with Gasteiger partial charge in [0.25, 0.3) is 0 Å². The van der Waals surface area contributed by atoms with Gasteiger partial charge in [-0.05, 0) is 31.2 Å². The molecular weight excluding hydrogens is 368 g/mol. The molecule has 0 fully saturated rings. The smallest absolute Gasteiger partial charge is 0.196 e. The highest BCUT2D eigenvalue weighted by atomic mass is 35.5. The van der Waals surface area contributed by atoms with Crippen LogP contribution in [0.2, 0.25) is 5.02 Å². The third-order valence-corrected chi connectivity index (χ3v) is 5.40. The zero-order chi connectivity index (χ0) is 18.1. The van der Waals surface area contributed by atoms with E-state index in [4.69, 9.17) is 11.6 Å². The Labute approximate surface area is 159 Å². The van der Waals surface area contributed by atoms with Crippen molar-refractivity contribution in [2.75, 3.05) is 0 Å². The zero-order valence-electron chi connectivity index (χ0n) is 13.9. The van der Waals surface area contributed by atoms with Crippen LogP contribution in [0, 0.1) is 0 Å². The normalized spacial score (nSPS) is 12.4. The van der Waals surface area contributed by atoms with Gasteiger partial charge in [-0.15, -0.1) is 10.2 Å². The maximum Gasteiger partial charge on any atom is 0.196 e. The lowest BCUT2D eigenvalue weighted by Crippen LogP contribution is -2.14. The minimum atomic E-state index is -0.309. The van der Waals surface area contributed by atoms with E-state index in [2.05, 4.69) is 15.2 Å². The number of carbonyl (C=O) groups excluding carboxylic acids is 1. The Balaban J connectivity index is 1.60. The molecule has 0 aliphatic heterocycles. The number of hydrogen-bond donors (Lipinski definition) is 1. The van der Waals surface area contributed by atoms with Crippen LogP contribution in [0.3, 0.4) is 0 Å². The van der Waals surface area contributed by atoms with Crippen LogP contribution in [0.15, 0.2) is 66.2 Å². The lowest BCUT2D eigenvalue weighted by Gasteiger charge is -2.11. The minimum absolute atomic E-state index is 0.0492. The maximum atomic E-state index is 12.9. The number of thioether (sulfide) groups is 1. The van der Waals surface area contributed by atoms with Crippen molar-refractivity contribution in [3.63, 3.8) is 0 Å². The first-order valence-corrected chi connectivity index (χ1v) is 9.32. The van der Waals surface area contributed by atoms with E-state index < -0.39 is 0 Å². The van der Waals surface area contributed by atoms with Crippen molar-refractivity contribution >= 4 is 40.0 Å². The molecule has 0 bridgehead atoms. The van der Waals surface area contributed by atoms with Crippen LogP contribution < -0.4 is 0 Å². The number of halogens is 1. The maximum absolute atomic E-state index is 12.9. The monoisotopic (exact) mass is 382 g/mol. The number of benzene rings is 2. The fourth-order valence-electron chi connectivity index (χ4n) is 2.81. The number of ketones is 1. The van der Waals surface area contributed by atoms with E-state index in [0.29, 0.717) is 15.7 Å². The molecule has 130 valence electrons. The van der Waals surface area contributed by atoms with Crippen LogP contribution >= 0.6 is 23.4 Å². The Bertz CT molecular complexity index is 1090. The third kappa shape index (κ3) is 3.13. The number of carbonyl (C=O) groups is 1. The third-order valence-electron chi connectivity index (χ3n) is 4.11. The lowest BCUT2D eigenvalue weighted by atomic mass is 10.1. The highest BCUT2D eigenvalue weighted by molar-refractivity contribution is 8.00. The molecule has 0 aliphatic carbocycles. The largest absolute Gasteiger partial charge is 0.360 e. The molecule has 5 nitrogen and oxygen atoms in total. The summed E-state index contributed by atoms with van der Waals surface area (Å²) in [5.41, 5.74) is 2.50. The second-order valence-corrected chi connectivity index (χ2v) is 7.58. The number of nitrogens with zero attached hydrogens (tertiary/aromatic N) is 3. The van der Waals surface area contributed by atoms with Crippen molar-refractivity contribution < 1.29 is 4.79 Å². The van der Waals surface area contributed by atoms with Crippen LogP contribution in [0.25, 0.3) is 16.6 Å². The summed E-state index contributed by atoms with van der Waals surface area (Å²) in [6.07, 6.45) is 3.39. The first-order chi connectivity index (χ1) is 12.6. The van der Waals surface area contributed by atoms with Crippen molar-refractivity contribution in [2.24, 2.45) is 0 Å². The molecule has 0 amide bonds. The van der Waals surface area contributed by atoms with E-state index in [1.807, 2.05) is 60.0 Å². The second-order valence-electron chi connectivity index (χ2n) is 5.84. The SMILES string of the molecule is CC(Sc1nncn1-c1cccc(Cl)c1)C(=O)c1c[nH]c2ccccc12. The van der Waals surface area contributed by atoms with E-state index in [1.54, 1.807) is 12.5 Å². The predicted octanol–water partition coefficient (Wildman–Crippen LogP) is 4.77. The van der Waals surface area contributed by atoms with Gasteiger partial charge in [0.1, 0.15) is 6.33 Å².